The predicted octanol–water partition coefficient (Wildman–Crippen LogP) is 1.36. The van der Waals surface area contributed by atoms with Gasteiger partial charge in [0, 0.05) is 32.8 Å². The molecule has 4 N–H and O–H groups in total. The van der Waals surface area contributed by atoms with E-state index in [4.69, 9.17) is 9.52 Å². The second-order valence-corrected chi connectivity index (χ2v) is 5.55. The lowest BCUT2D eigenvalue weighted by molar-refractivity contribution is 0.0926. The molecule has 0 bridgehead atoms. The van der Waals surface area contributed by atoms with E-state index in [-0.39, 0.29) is 12.5 Å². The molecule has 0 aliphatic heterocycles. The van der Waals surface area contributed by atoms with Crippen LogP contribution >= 0.6 is 0 Å². The minimum Gasteiger partial charge on any atom is -0.459 e. The second-order valence-electron chi connectivity index (χ2n) is 5.55. The number of guanidine groups is 1. The van der Waals surface area contributed by atoms with Crippen LogP contribution in [0.15, 0.2) is 27.8 Å². The molecule has 0 aliphatic carbocycles. The van der Waals surface area contributed by atoms with Crippen molar-refractivity contribution in [2.24, 2.45) is 10.9 Å². The van der Waals surface area contributed by atoms with Crippen LogP contribution in [0.2, 0.25) is 0 Å². The molecule has 1 aromatic heterocycles. The Labute approximate surface area is 143 Å². The summed E-state index contributed by atoms with van der Waals surface area (Å²) >= 11 is 0. The monoisotopic (exact) mass is 338 g/mol. The highest BCUT2D eigenvalue weighted by molar-refractivity contribution is 5.91. The van der Waals surface area contributed by atoms with Crippen molar-refractivity contribution in [1.29, 1.82) is 0 Å². The average molecular weight is 338 g/mol. The minimum atomic E-state index is -0.227. The van der Waals surface area contributed by atoms with E-state index in [1.807, 2.05) is 6.92 Å². The zero-order valence-corrected chi connectivity index (χ0v) is 14.7. The van der Waals surface area contributed by atoms with Crippen molar-refractivity contribution in [1.82, 2.24) is 16.0 Å². The summed E-state index contributed by atoms with van der Waals surface area (Å²) in [5, 5.41) is 18.3. The van der Waals surface area contributed by atoms with Gasteiger partial charge in [0.1, 0.15) is 0 Å². The van der Waals surface area contributed by atoms with Crippen LogP contribution in [0.3, 0.4) is 0 Å². The molecule has 0 saturated heterocycles. The first kappa shape index (κ1) is 20.0. The van der Waals surface area contributed by atoms with Gasteiger partial charge < -0.3 is 25.5 Å². The molecule has 0 aromatic carbocycles. The fraction of sp³-hybridized carbons (Fsp3) is 0.647. The van der Waals surface area contributed by atoms with Gasteiger partial charge in [-0.2, -0.15) is 0 Å². The quantitative estimate of drug-likeness (QED) is 0.277. The second kappa shape index (κ2) is 12.4. The van der Waals surface area contributed by atoms with E-state index >= 15 is 0 Å². The Morgan fingerprint density at radius 2 is 2.04 bits per heavy atom. The van der Waals surface area contributed by atoms with Gasteiger partial charge >= 0.3 is 0 Å². The molecule has 7 heteroatoms. The Bertz CT molecular complexity index is 468. The molecule has 7 nitrogen and oxygen atoms in total. The summed E-state index contributed by atoms with van der Waals surface area (Å²) in [6, 6.07) is 3.31. The van der Waals surface area contributed by atoms with Crippen molar-refractivity contribution in [2.75, 3.05) is 32.8 Å². The van der Waals surface area contributed by atoms with Crippen LogP contribution in [0.5, 0.6) is 0 Å². The van der Waals surface area contributed by atoms with Crippen molar-refractivity contribution in [3.05, 3.63) is 24.2 Å². The van der Waals surface area contributed by atoms with Crippen molar-refractivity contribution in [3.8, 4) is 0 Å². The number of nitrogens with zero attached hydrogens (tertiary/aromatic N) is 1. The molecule has 136 valence electrons. The lowest BCUT2D eigenvalue weighted by Gasteiger charge is -2.15. The summed E-state index contributed by atoms with van der Waals surface area (Å²) in [6.07, 6.45) is 4.39. The first-order chi connectivity index (χ1) is 11.7. The molecule has 0 saturated carbocycles. The number of aliphatic hydroxyl groups excluding tert-OH is 1. The average Bonchev–Trinajstić information content (AvgIpc) is 3.11. The molecule has 0 spiro atoms. The van der Waals surface area contributed by atoms with Gasteiger partial charge in [-0.15, -0.1) is 0 Å². The number of furan rings is 1. The number of rotatable bonds is 11. The summed E-state index contributed by atoms with van der Waals surface area (Å²) in [6.45, 7) is 6.83. The van der Waals surface area contributed by atoms with Crippen LogP contribution in [-0.4, -0.2) is 49.8 Å². The van der Waals surface area contributed by atoms with E-state index in [0.717, 1.165) is 31.8 Å². The molecule has 1 rings (SSSR count). The van der Waals surface area contributed by atoms with Gasteiger partial charge in [0.2, 0.25) is 0 Å². The maximum atomic E-state index is 11.7. The molecular formula is C17H30N4O3. The maximum absolute atomic E-state index is 11.7. The van der Waals surface area contributed by atoms with E-state index in [0.29, 0.717) is 31.3 Å². The normalized spacial score (nSPS) is 12.7. The Kier molecular flexibility index (Phi) is 10.4. The number of aliphatic imine (C=N–C) groups is 1. The number of carbonyl (C=O) groups excluding carboxylic acids is 1. The molecule has 24 heavy (non-hydrogen) atoms. The van der Waals surface area contributed by atoms with Crippen molar-refractivity contribution >= 4 is 11.9 Å². The van der Waals surface area contributed by atoms with Crippen LogP contribution < -0.4 is 16.0 Å². The summed E-state index contributed by atoms with van der Waals surface area (Å²) in [5.41, 5.74) is 0. The summed E-state index contributed by atoms with van der Waals surface area (Å²) < 4.78 is 5.03. The molecule has 1 amide bonds. The van der Waals surface area contributed by atoms with Gasteiger partial charge in [-0.25, -0.2) is 0 Å². The van der Waals surface area contributed by atoms with Crippen molar-refractivity contribution < 1.29 is 14.3 Å². The Balaban J connectivity index is 2.35. The summed E-state index contributed by atoms with van der Waals surface area (Å²) in [5.74, 6) is 1.20. The molecule has 1 atom stereocenters. The van der Waals surface area contributed by atoms with E-state index in [1.165, 1.54) is 6.26 Å². The predicted molar refractivity (Wildman–Crippen MR) is 95.1 cm³/mol. The zero-order chi connectivity index (χ0) is 17.6. The highest BCUT2D eigenvalue weighted by atomic mass is 16.3. The Morgan fingerprint density at radius 3 is 2.67 bits per heavy atom. The number of hydrogen-bond acceptors (Lipinski definition) is 4. The standard InChI is InChI=1S/C17H30N4O3/c1-3-6-14(8-11-22)13-21-17(18-4-2)20-10-9-19-16(23)15-7-5-12-24-15/h5,7,12,14,22H,3-4,6,8-11,13H2,1-2H3,(H,19,23)(H2,18,20,21). The van der Waals surface area contributed by atoms with E-state index < -0.39 is 0 Å². The van der Waals surface area contributed by atoms with Gasteiger partial charge in [-0.3, -0.25) is 9.79 Å². The first-order valence-corrected chi connectivity index (χ1v) is 8.65. The SMILES string of the molecule is CCCC(CCO)CN=C(NCC)NCCNC(=O)c1ccco1. The van der Waals surface area contributed by atoms with Crippen LogP contribution in [0.1, 0.15) is 43.7 Å². The third-order valence-corrected chi connectivity index (χ3v) is 3.53. The summed E-state index contributed by atoms with van der Waals surface area (Å²) in [4.78, 5) is 16.3. The smallest absolute Gasteiger partial charge is 0.287 e. The van der Waals surface area contributed by atoms with E-state index in [2.05, 4.69) is 27.9 Å². The number of amides is 1. The van der Waals surface area contributed by atoms with Crippen molar-refractivity contribution in [3.63, 3.8) is 0 Å². The molecular weight excluding hydrogens is 308 g/mol. The number of nitrogens with one attached hydrogen (secondary N) is 3. The lowest BCUT2D eigenvalue weighted by Crippen LogP contribution is -2.41. The third kappa shape index (κ3) is 8.01. The van der Waals surface area contributed by atoms with Crippen molar-refractivity contribution in [2.45, 2.75) is 33.1 Å². The van der Waals surface area contributed by atoms with E-state index in [1.54, 1.807) is 12.1 Å². The van der Waals surface area contributed by atoms with Crippen LogP contribution in [0.4, 0.5) is 0 Å². The third-order valence-electron chi connectivity index (χ3n) is 3.53. The number of hydrogen-bond donors (Lipinski definition) is 4. The van der Waals surface area contributed by atoms with Crippen LogP contribution in [0.25, 0.3) is 0 Å². The lowest BCUT2D eigenvalue weighted by atomic mass is 10.0. The molecule has 0 aliphatic rings. The minimum absolute atomic E-state index is 0.197. The van der Waals surface area contributed by atoms with Gasteiger partial charge in [0.25, 0.3) is 5.91 Å². The molecule has 1 heterocycles. The molecule has 0 fully saturated rings. The maximum Gasteiger partial charge on any atom is 0.287 e. The summed E-state index contributed by atoms with van der Waals surface area (Å²) in [7, 11) is 0. The van der Waals surface area contributed by atoms with Gasteiger partial charge in [0.05, 0.1) is 6.26 Å². The van der Waals surface area contributed by atoms with Gasteiger partial charge in [-0.05, 0) is 37.8 Å². The Morgan fingerprint density at radius 1 is 1.25 bits per heavy atom. The van der Waals surface area contributed by atoms with Gasteiger partial charge in [0.15, 0.2) is 11.7 Å². The fourth-order valence-electron chi connectivity index (χ4n) is 2.33. The van der Waals surface area contributed by atoms with E-state index in [9.17, 15) is 4.79 Å². The Hall–Kier alpha value is -2.02. The van der Waals surface area contributed by atoms with Gasteiger partial charge in [-0.1, -0.05) is 13.3 Å². The van der Waals surface area contributed by atoms with Crippen LogP contribution in [0, 0.1) is 5.92 Å². The highest BCUT2D eigenvalue weighted by Crippen LogP contribution is 2.10. The topological polar surface area (TPSA) is 98.9 Å². The largest absolute Gasteiger partial charge is 0.459 e. The number of aliphatic hydroxyl groups is 1. The molecule has 0 radical (unpaired) electrons. The molecule has 1 unspecified atom stereocenters. The highest BCUT2D eigenvalue weighted by Gasteiger charge is 2.08. The number of carbonyl (C=O) groups is 1. The fourth-order valence-corrected chi connectivity index (χ4v) is 2.33. The van der Waals surface area contributed by atoms with Crippen LogP contribution in [-0.2, 0) is 0 Å². The molecule has 1 aromatic rings. The first-order valence-electron chi connectivity index (χ1n) is 8.65. The zero-order valence-electron chi connectivity index (χ0n) is 14.7.